The van der Waals surface area contributed by atoms with Gasteiger partial charge in [0.25, 0.3) is 0 Å². The number of imidazole rings is 1. The largest absolute Gasteiger partial charge is 0.497 e. The van der Waals surface area contributed by atoms with Crippen molar-refractivity contribution in [1.29, 1.82) is 0 Å². The molecule has 3 aromatic rings. The first kappa shape index (κ1) is 20.1. The first-order valence-electron chi connectivity index (χ1n) is 9.14. The lowest BCUT2D eigenvalue weighted by Crippen LogP contribution is -2.13. The van der Waals surface area contributed by atoms with Gasteiger partial charge in [-0.15, -0.1) is 0 Å². The van der Waals surface area contributed by atoms with Gasteiger partial charge in [-0.25, -0.2) is 4.98 Å². The maximum Gasteiger partial charge on any atom is 0.228 e. The molecule has 0 saturated carbocycles. The molecule has 7 heteroatoms. The first-order chi connectivity index (χ1) is 14.0. The van der Waals surface area contributed by atoms with Gasteiger partial charge in [0, 0.05) is 43.2 Å². The van der Waals surface area contributed by atoms with Gasteiger partial charge in [-0.3, -0.25) is 9.59 Å². The normalized spacial score (nSPS) is 10.4. The van der Waals surface area contributed by atoms with Crippen molar-refractivity contribution in [2.75, 3.05) is 19.5 Å². The second-order valence-corrected chi connectivity index (χ2v) is 6.54. The molecule has 0 saturated heterocycles. The summed E-state index contributed by atoms with van der Waals surface area (Å²) in [7, 11) is 4.95. The second-order valence-electron chi connectivity index (χ2n) is 6.54. The maximum absolute atomic E-state index is 12.4. The van der Waals surface area contributed by atoms with Gasteiger partial charge in [-0.2, -0.15) is 0 Å². The van der Waals surface area contributed by atoms with Crippen molar-refractivity contribution < 1.29 is 19.1 Å². The van der Waals surface area contributed by atoms with E-state index in [1.165, 1.54) is 0 Å². The minimum Gasteiger partial charge on any atom is -0.497 e. The number of ketones is 1. The molecule has 0 aliphatic carbocycles. The van der Waals surface area contributed by atoms with E-state index >= 15 is 0 Å². The van der Waals surface area contributed by atoms with Gasteiger partial charge >= 0.3 is 0 Å². The van der Waals surface area contributed by atoms with Gasteiger partial charge < -0.3 is 19.4 Å². The zero-order valence-electron chi connectivity index (χ0n) is 16.6. The van der Waals surface area contributed by atoms with Crippen LogP contribution in [0.1, 0.15) is 28.2 Å². The number of carbonyl (C=O) groups is 2. The number of hydrogen-bond donors (Lipinski definition) is 1. The van der Waals surface area contributed by atoms with E-state index in [1.807, 2.05) is 12.1 Å². The summed E-state index contributed by atoms with van der Waals surface area (Å²) < 4.78 is 12.2. The van der Waals surface area contributed by atoms with Crippen molar-refractivity contribution >= 4 is 17.4 Å². The standard InChI is InChI=1S/C22H23N3O4/c1-25-11-10-23-22(25)21(27)16-5-7-17(8-6-16)24-20(26)9-4-15-12-18(28-2)14-19(13-15)29-3/h5-8,10-14H,4,9H2,1-3H3,(H,24,26). The fourth-order valence-electron chi connectivity index (χ4n) is 2.91. The van der Waals surface area contributed by atoms with E-state index in [0.29, 0.717) is 41.4 Å². The number of ether oxygens (including phenoxy) is 2. The summed E-state index contributed by atoms with van der Waals surface area (Å²) in [5.41, 5.74) is 2.10. The number of methoxy groups -OCH3 is 2. The molecule has 0 spiro atoms. The number of aryl methyl sites for hydroxylation is 2. The molecule has 0 aliphatic rings. The fraction of sp³-hybridized carbons (Fsp3) is 0.227. The molecule has 0 bridgehead atoms. The van der Waals surface area contributed by atoms with E-state index in [0.717, 1.165) is 5.56 Å². The highest BCUT2D eigenvalue weighted by Gasteiger charge is 2.13. The average Bonchev–Trinajstić information content (AvgIpc) is 3.17. The quantitative estimate of drug-likeness (QED) is 0.594. The second kappa shape index (κ2) is 9.05. The number of anilines is 1. The topological polar surface area (TPSA) is 82.5 Å². The van der Waals surface area contributed by atoms with E-state index in [9.17, 15) is 9.59 Å². The number of carbonyl (C=O) groups excluding carboxylic acids is 2. The van der Waals surface area contributed by atoms with E-state index in [1.54, 1.807) is 68.6 Å². The van der Waals surface area contributed by atoms with Crippen LogP contribution in [0.15, 0.2) is 54.9 Å². The van der Waals surface area contributed by atoms with Crippen LogP contribution >= 0.6 is 0 Å². The number of amides is 1. The third-order valence-corrected chi connectivity index (χ3v) is 4.51. The summed E-state index contributed by atoms with van der Waals surface area (Å²) in [4.78, 5) is 28.8. The maximum atomic E-state index is 12.4. The number of aromatic nitrogens is 2. The summed E-state index contributed by atoms with van der Waals surface area (Å²) in [6.45, 7) is 0. The molecule has 150 valence electrons. The zero-order valence-corrected chi connectivity index (χ0v) is 16.6. The zero-order chi connectivity index (χ0) is 20.8. The predicted octanol–water partition coefficient (Wildman–Crippen LogP) is 3.24. The molecule has 1 amide bonds. The van der Waals surface area contributed by atoms with E-state index < -0.39 is 0 Å². The molecule has 1 N–H and O–H groups in total. The number of benzene rings is 2. The molecule has 7 nitrogen and oxygen atoms in total. The van der Waals surface area contributed by atoms with Crippen LogP contribution in [0.5, 0.6) is 11.5 Å². The lowest BCUT2D eigenvalue weighted by atomic mass is 10.1. The van der Waals surface area contributed by atoms with E-state index in [-0.39, 0.29) is 11.7 Å². The third-order valence-electron chi connectivity index (χ3n) is 4.51. The fourth-order valence-corrected chi connectivity index (χ4v) is 2.91. The van der Waals surface area contributed by atoms with Gasteiger partial charge in [0.2, 0.25) is 11.7 Å². The molecule has 1 heterocycles. The van der Waals surface area contributed by atoms with Crippen LogP contribution in [0.2, 0.25) is 0 Å². The SMILES string of the molecule is COc1cc(CCC(=O)Nc2ccc(C(=O)c3nccn3C)cc2)cc(OC)c1. The van der Waals surface area contributed by atoms with Gasteiger partial charge in [-0.05, 0) is 48.4 Å². The molecule has 2 aromatic carbocycles. The average molecular weight is 393 g/mol. The molecule has 0 aliphatic heterocycles. The predicted molar refractivity (Wildman–Crippen MR) is 110 cm³/mol. The lowest BCUT2D eigenvalue weighted by molar-refractivity contribution is -0.116. The number of rotatable bonds is 8. The Balaban J connectivity index is 1.58. The van der Waals surface area contributed by atoms with E-state index in [2.05, 4.69) is 10.3 Å². The van der Waals surface area contributed by atoms with Crippen LogP contribution in [0, 0.1) is 0 Å². The molecule has 0 fully saturated rings. The third kappa shape index (κ3) is 5.01. The van der Waals surface area contributed by atoms with Crippen LogP contribution in [0.3, 0.4) is 0 Å². The Kier molecular flexibility index (Phi) is 6.29. The van der Waals surface area contributed by atoms with Crippen LogP contribution in [-0.4, -0.2) is 35.5 Å². The Morgan fingerprint density at radius 1 is 1.03 bits per heavy atom. The van der Waals surface area contributed by atoms with Crippen molar-refractivity contribution in [2.24, 2.45) is 7.05 Å². The van der Waals surface area contributed by atoms with Crippen molar-refractivity contribution in [2.45, 2.75) is 12.8 Å². The highest BCUT2D eigenvalue weighted by molar-refractivity contribution is 6.07. The molecule has 1 aromatic heterocycles. The monoisotopic (exact) mass is 393 g/mol. The summed E-state index contributed by atoms with van der Waals surface area (Å²) in [6, 6.07) is 12.3. The molecule has 0 atom stereocenters. The van der Waals surface area contributed by atoms with Gasteiger partial charge in [-0.1, -0.05) is 0 Å². The summed E-state index contributed by atoms with van der Waals surface area (Å²) in [6.07, 6.45) is 4.17. The Bertz CT molecular complexity index is 987. The number of nitrogens with one attached hydrogen (secondary N) is 1. The van der Waals surface area contributed by atoms with Crippen LogP contribution in [0.4, 0.5) is 5.69 Å². The van der Waals surface area contributed by atoms with Gasteiger partial charge in [0.15, 0.2) is 5.82 Å². The summed E-state index contributed by atoms with van der Waals surface area (Å²) >= 11 is 0. The van der Waals surface area contributed by atoms with Crippen molar-refractivity contribution in [3.63, 3.8) is 0 Å². The minimum absolute atomic E-state index is 0.116. The first-order valence-corrected chi connectivity index (χ1v) is 9.14. The Morgan fingerprint density at radius 2 is 1.69 bits per heavy atom. The smallest absolute Gasteiger partial charge is 0.228 e. The molecular weight excluding hydrogens is 370 g/mol. The summed E-state index contributed by atoms with van der Waals surface area (Å²) in [5, 5.41) is 2.85. The summed E-state index contributed by atoms with van der Waals surface area (Å²) in [5.74, 6) is 1.47. The van der Waals surface area contributed by atoms with Crippen LogP contribution in [-0.2, 0) is 18.3 Å². The Labute approximate surface area is 169 Å². The molecule has 0 radical (unpaired) electrons. The highest BCUT2D eigenvalue weighted by atomic mass is 16.5. The Hall–Kier alpha value is -3.61. The van der Waals surface area contributed by atoms with Crippen LogP contribution in [0.25, 0.3) is 0 Å². The minimum atomic E-state index is -0.164. The molecule has 29 heavy (non-hydrogen) atoms. The van der Waals surface area contributed by atoms with E-state index in [4.69, 9.17) is 9.47 Å². The lowest BCUT2D eigenvalue weighted by Gasteiger charge is -2.09. The van der Waals surface area contributed by atoms with Crippen molar-refractivity contribution in [3.05, 3.63) is 71.8 Å². The van der Waals surface area contributed by atoms with Crippen molar-refractivity contribution in [3.8, 4) is 11.5 Å². The van der Waals surface area contributed by atoms with Gasteiger partial charge in [0.05, 0.1) is 14.2 Å². The molecule has 3 rings (SSSR count). The van der Waals surface area contributed by atoms with Crippen LogP contribution < -0.4 is 14.8 Å². The van der Waals surface area contributed by atoms with Gasteiger partial charge in [0.1, 0.15) is 11.5 Å². The number of hydrogen-bond acceptors (Lipinski definition) is 5. The highest BCUT2D eigenvalue weighted by Crippen LogP contribution is 2.23. The molecular formula is C22H23N3O4. The van der Waals surface area contributed by atoms with Crippen molar-refractivity contribution in [1.82, 2.24) is 9.55 Å². The molecule has 0 unspecified atom stereocenters. The Morgan fingerprint density at radius 3 is 2.24 bits per heavy atom. The number of nitrogens with zero attached hydrogens (tertiary/aromatic N) is 2.